The predicted octanol–water partition coefficient (Wildman–Crippen LogP) is 2.18. The quantitative estimate of drug-likeness (QED) is 0.865. The Morgan fingerprint density at radius 1 is 1.15 bits per heavy atom. The van der Waals surface area contributed by atoms with E-state index >= 15 is 0 Å². The van der Waals surface area contributed by atoms with Crippen LogP contribution >= 0.6 is 11.8 Å². The summed E-state index contributed by atoms with van der Waals surface area (Å²) in [6.07, 6.45) is 7.93. The monoisotopic (exact) mass is 298 g/mol. The lowest BCUT2D eigenvalue weighted by molar-refractivity contribution is -0.153. The second-order valence-corrected chi connectivity index (χ2v) is 6.94. The first-order valence-corrected chi connectivity index (χ1v) is 9.06. The third-order valence-corrected chi connectivity index (χ3v) is 5.81. The number of carbonyl (C=O) groups is 2. The maximum atomic E-state index is 12.6. The normalized spacial score (nSPS) is 35.0. The SMILES string of the molecule is CCC1NC(=O)C(CC)N(C2CCC(SC)CC2)C1=O. The van der Waals surface area contributed by atoms with Crippen LogP contribution in [0.3, 0.4) is 0 Å². The topological polar surface area (TPSA) is 49.4 Å². The fourth-order valence-electron chi connectivity index (χ4n) is 3.44. The van der Waals surface area contributed by atoms with Gasteiger partial charge in [0.25, 0.3) is 0 Å². The summed E-state index contributed by atoms with van der Waals surface area (Å²) >= 11 is 1.92. The molecule has 2 rings (SSSR count). The molecule has 0 radical (unpaired) electrons. The van der Waals surface area contributed by atoms with E-state index in [1.807, 2.05) is 30.5 Å². The Kier molecular flexibility index (Phi) is 5.35. The number of amides is 2. The average molecular weight is 298 g/mol. The molecule has 2 fully saturated rings. The standard InChI is InChI=1S/C15H26N2O2S/c1-4-12-15(19)17(13(5-2)14(18)16-12)10-6-8-11(20-3)9-7-10/h10-13H,4-9H2,1-3H3,(H,16,18). The van der Waals surface area contributed by atoms with Crippen molar-refractivity contribution in [2.75, 3.05) is 6.26 Å². The van der Waals surface area contributed by atoms with E-state index < -0.39 is 0 Å². The van der Waals surface area contributed by atoms with Crippen LogP contribution < -0.4 is 5.32 Å². The number of nitrogens with zero attached hydrogens (tertiary/aromatic N) is 1. The van der Waals surface area contributed by atoms with Crippen molar-refractivity contribution in [2.45, 2.75) is 75.7 Å². The second-order valence-electron chi connectivity index (χ2n) is 5.81. The van der Waals surface area contributed by atoms with Crippen LogP contribution in [0.2, 0.25) is 0 Å². The van der Waals surface area contributed by atoms with E-state index in [0.29, 0.717) is 12.8 Å². The Morgan fingerprint density at radius 2 is 1.80 bits per heavy atom. The van der Waals surface area contributed by atoms with Gasteiger partial charge in [0, 0.05) is 11.3 Å². The van der Waals surface area contributed by atoms with E-state index in [2.05, 4.69) is 11.6 Å². The van der Waals surface area contributed by atoms with Gasteiger partial charge in [-0.3, -0.25) is 9.59 Å². The van der Waals surface area contributed by atoms with Gasteiger partial charge in [0.1, 0.15) is 12.1 Å². The molecule has 1 saturated carbocycles. The van der Waals surface area contributed by atoms with Crippen molar-refractivity contribution < 1.29 is 9.59 Å². The van der Waals surface area contributed by atoms with Gasteiger partial charge in [0.15, 0.2) is 0 Å². The van der Waals surface area contributed by atoms with Crippen molar-refractivity contribution in [3.8, 4) is 0 Å². The number of nitrogens with one attached hydrogen (secondary N) is 1. The Bertz CT molecular complexity index is 367. The largest absolute Gasteiger partial charge is 0.343 e. The number of piperazine rings is 1. The summed E-state index contributed by atoms with van der Waals surface area (Å²) in [5.41, 5.74) is 0. The van der Waals surface area contributed by atoms with Gasteiger partial charge < -0.3 is 10.2 Å². The van der Waals surface area contributed by atoms with Crippen LogP contribution in [0, 0.1) is 0 Å². The van der Waals surface area contributed by atoms with E-state index in [0.717, 1.165) is 30.9 Å². The summed E-state index contributed by atoms with van der Waals surface area (Å²) in [6.45, 7) is 3.95. The predicted molar refractivity (Wildman–Crippen MR) is 82.7 cm³/mol. The minimum atomic E-state index is -0.316. The zero-order chi connectivity index (χ0) is 14.7. The van der Waals surface area contributed by atoms with Crippen LogP contribution in [0.15, 0.2) is 0 Å². The fraction of sp³-hybridized carbons (Fsp3) is 0.867. The molecule has 0 aromatic carbocycles. The van der Waals surface area contributed by atoms with Crippen LogP contribution in [0.1, 0.15) is 52.4 Å². The van der Waals surface area contributed by atoms with Crippen molar-refractivity contribution in [2.24, 2.45) is 0 Å². The molecule has 1 N–H and O–H groups in total. The van der Waals surface area contributed by atoms with E-state index in [9.17, 15) is 9.59 Å². The molecular weight excluding hydrogens is 272 g/mol. The third-order valence-electron chi connectivity index (χ3n) is 4.67. The van der Waals surface area contributed by atoms with Gasteiger partial charge >= 0.3 is 0 Å². The molecule has 20 heavy (non-hydrogen) atoms. The number of rotatable bonds is 4. The Labute approximate surface area is 126 Å². The zero-order valence-electron chi connectivity index (χ0n) is 12.7. The highest BCUT2D eigenvalue weighted by Gasteiger charge is 2.42. The van der Waals surface area contributed by atoms with Crippen LogP contribution in [0.5, 0.6) is 0 Å². The van der Waals surface area contributed by atoms with Crippen LogP contribution in [-0.2, 0) is 9.59 Å². The Balaban J connectivity index is 2.12. The summed E-state index contributed by atoms with van der Waals surface area (Å²) < 4.78 is 0. The molecule has 1 aliphatic heterocycles. The molecule has 2 amide bonds. The van der Waals surface area contributed by atoms with E-state index in [4.69, 9.17) is 0 Å². The van der Waals surface area contributed by atoms with E-state index in [1.165, 1.54) is 0 Å². The highest BCUT2D eigenvalue weighted by atomic mass is 32.2. The van der Waals surface area contributed by atoms with Crippen LogP contribution in [-0.4, -0.2) is 46.3 Å². The van der Waals surface area contributed by atoms with Crippen LogP contribution in [0.25, 0.3) is 0 Å². The minimum absolute atomic E-state index is 0.0333. The Hall–Kier alpha value is -0.710. The van der Waals surface area contributed by atoms with Gasteiger partial charge in [-0.25, -0.2) is 0 Å². The van der Waals surface area contributed by atoms with Gasteiger partial charge in [0.2, 0.25) is 11.8 Å². The molecule has 0 aromatic heterocycles. The summed E-state index contributed by atoms with van der Waals surface area (Å²) in [6, 6.07) is -0.319. The molecule has 1 saturated heterocycles. The molecule has 114 valence electrons. The molecule has 5 heteroatoms. The lowest BCUT2D eigenvalue weighted by atomic mass is 9.90. The molecule has 2 atom stereocenters. The maximum Gasteiger partial charge on any atom is 0.246 e. The second kappa shape index (κ2) is 6.83. The van der Waals surface area contributed by atoms with Gasteiger partial charge in [-0.15, -0.1) is 0 Å². The van der Waals surface area contributed by atoms with Crippen molar-refractivity contribution in [1.82, 2.24) is 10.2 Å². The highest BCUT2D eigenvalue weighted by Crippen LogP contribution is 2.32. The molecule has 1 aliphatic carbocycles. The number of hydrogen-bond acceptors (Lipinski definition) is 3. The van der Waals surface area contributed by atoms with Crippen molar-refractivity contribution in [1.29, 1.82) is 0 Å². The van der Waals surface area contributed by atoms with Crippen molar-refractivity contribution >= 4 is 23.6 Å². The third kappa shape index (κ3) is 2.97. The molecule has 0 spiro atoms. The van der Waals surface area contributed by atoms with Crippen LogP contribution in [0.4, 0.5) is 0 Å². The number of thioether (sulfide) groups is 1. The van der Waals surface area contributed by atoms with Crippen molar-refractivity contribution in [3.05, 3.63) is 0 Å². The first kappa shape index (κ1) is 15.7. The maximum absolute atomic E-state index is 12.6. The molecule has 2 unspecified atom stereocenters. The molecule has 0 aromatic rings. The average Bonchev–Trinajstić information content (AvgIpc) is 2.48. The molecular formula is C15H26N2O2S. The number of hydrogen-bond donors (Lipinski definition) is 1. The number of carbonyl (C=O) groups excluding carboxylic acids is 2. The summed E-state index contributed by atoms with van der Waals surface area (Å²) in [7, 11) is 0. The van der Waals surface area contributed by atoms with Gasteiger partial charge in [-0.1, -0.05) is 13.8 Å². The van der Waals surface area contributed by atoms with Gasteiger partial charge in [0.05, 0.1) is 0 Å². The van der Waals surface area contributed by atoms with E-state index in [1.54, 1.807) is 0 Å². The highest BCUT2D eigenvalue weighted by molar-refractivity contribution is 7.99. The lowest BCUT2D eigenvalue weighted by Gasteiger charge is -2.45. The summed E-state index contributed by atoms with van der Waals surface area (Å²) in [5.74, 6) is 0.164. The van der Waals surface area contributed by atoms with Crippen molar-refractivity contribution in [3.63, 3.8) is 0 Å². The Morgan fingerprint density at radius 3 is 2.30 bits per heavy atom. The fourth-order valence-corrected chi connectivity index (χ4v) is 4.19. The minimum Gasteiger partial charge on any atom is -0.343 e. The molecule has 2 aliphatic rings. The zero-order valence-corrected chi connectivity index (χ0v) is 13.5. The molecule has 0 bridgehead atoms. The van der Waals surface area contributed by atoms with Gasteiger partial charge in [-0.2, -0.15) is 11.8 Å². The lowest BCUT2D eigenvalue weighted by Crippen LogP contribution is -2.65. The smallest absolute Gasteiger partial charge is 0.246 e. The first-order chi connectivity index (χ1) is 9.62. The summed E-state index contributed by atoms with van der Waals surface area (Å²) in [4.78, 5) is 26.8. The van der Waals surface area contributed by atoms with E-state index in [-0.39, 0.29) is 29.9 Å². The first-order valence-electron chi connectivity index (χ1n) is 7.77. The summed E-state index contributed by atoms with van der Waals surface area (Å²) in [5, 5.41) is 3.60. The molecule has 1 heterocycles. The van der Waals surface area contributed by atoms with Gasteiger partial charge in [-0.05, 0) is 44.8 Å². The molecule has 4 nitrogen and oxygen atoms in total.